The molecule has 4 rings (SSSR count). The van der Waals surface area contributed by atoms with Crippen molar-refractivity contribution in [2.24, 2.45) is 0 Å². The van der Waals surface area contributed by atoms with Crippen molar-refractivity contribution in [2.45, 2.75) is 32.9 Å². The Morgan fingerprint density at radius 3 is 2.87 bits per heavy atom. The molecule has 1 aliphatic rings. The fourth-order valence-electron chi connectivity index (χ4n) is 3.11. The summed E-state index contributed by atoms with van der Waals surface area (Å²) >= 11 is 0. The van der Waals surface area contributed by atoms with Gasteiger partial charge in [-0.05, 0) is 32.9 Å². The van der Waals surface area contributed by atoms with Crippen LogP contribution in [0.15, 0.2) is 49.1 Å². The average Bonchev–Trinajstić information content (AvgIpc) is 3.35. The van der Waals surface area contributed by atoms with Crippen LogP contribution < -0.4 is 10.2 Å². The second-order valence-corrected chi connectivity index (χ2v) is 7.08. The third-order valence-electron chi connectivity index (χ3n) is 4.70. The average molecular weight is 406 g/mol. The maximum absolute atomic E-state index is 12.2. The van der Waals surface area contributed by atoms with Crippen molar-refractivity contribution in [3.63, 3.8) is 0 Å². The van der Waals surface area contributed by atoms with Crippen molar-refractivity contribution in [1.29, 1.82) is 0 Å². The van der Waals surface area contributed by atoms with Gasteiger partial charge in [-0.15, -0.1) is 0 Å². The van der Waals surface area contributed by atoms with Gasteiger partial charge in [0.25, 0.3) is 0 Å². The van der Waals surface area contributed by atoms with Gasteiger partial charge in [-0.1, -0.05) is 18.2 Å². The summed E-state index contributed by atoms with van der Waals surface area (Å²) in [4.78, 5) is 35.5. The zero-order valence-electron chi connectivity index (χ0n) is 17.0. The molecule has 1 aliphatic heterocycles. The van der Waals surface area contributed by atoms with E-state index in [1.807, 2.05) is 42.8 Å². The lowest BCUT2D eigenvalue weighted by atomic mass is 10.1. The molecular weight excluding hydrogens is 384 g/mol. The lowest BCUT2D eigenvalue weighted by Gasteiger charge is -2.20. The second-order valence-electron chi connectivity index (χ2n) is 7.08. The zero-order valence-corrected chi connectivity index (χ0v) is 17.0. The van der Waals surface area contributed by atoms with Gasteiger partial charge < -0.3 is 10.1 Å². The molecule has 30 heavy (non-hydrogen) atoms. The molecule has 154 valence electrons. The number of hydrogen-bond donors (Lipinski definition) is 1. The predicted octanol–water partition coefficient (Wildman–Crippen LogP) is 2.84. The van der Waals surface area contributed by atoms with E-state index in [2.05, 4.69) is 36.8 Å². The van der Waals surface area contributed by atoms with E-state index < -0.39 is 6.09 Å². The zero-order chi connectivity index (χ0) is 21.3. The van der Waals surface area contributed by atoms with Crippen LogP contribution in [0.1, 0.15) is 31.4 Å². The number of amides is 1. The molecule has 0 aliphatic carbocycles. The van der Waals surface area contributed by atoms with Crippen LogP contribution in [0.3, 0.4) is 0 Å². The Labute approximate surface area is 173 Å². The van der Waals surface area contributed by atoms with Gasteiger partial charge in [-0.25, -0.2) is 19.7 Å². The lowest BCUT2D eigenvalue weighted by molar-refractivity contribution is 0.179. The van der Waals surface area contributed by atoms with Crippen molar-refractivity contribution >= 4 is 18.0 Å². The Kier molecular flexibility index (Phi) is 5.13. The van der Waals surface area contributed by atoms with Gasteiger partial charge in [0.15, 0.2) is 0 Å². The van der Waals surface area contributed by atoms with E-state index in [0.717, 1.165) is 17.1 Å². The Morgan fingerprint density at radius 2 is 2.13 bits per heavy atom. The fourth-order valence-corrected chi connectivity index (χ4v) is 3.11. The van der Waals surface area contributed by atoms with Crippen molar-refractivity contribution in [3.8, 4) is 5.82 Å². The summed E-state index contributed by atoms with van der Waals surface area (Å²) in [6.45, 7) is 9.69. The first-order valence-electron chi connectivity index (χ1n) is 9.48. The maximum atomic E-state index is 12.2. The van der Waals surface area contributed by atoms with E-state index in [9.17, 15) is 4.79 Å². The number of pyridine rings is 1. The molecule has 10 heteroatoms. The molecule has 3 aromatic heterocycles. The summed E-state index contributed by atoms with van der Waals surface area (Å²) in [5.74, 6) is 1.83. The van der Waals surface area contributed by atoms with Crippen molar-refractivity contribution in [3.05, 3.63) is 60.6 Å². The molecule has 3 aromatic rings. The number of nitrogens with one attached hydrogen (secondary N) is 1. The summed E-state index contributed by atoms with van der Waals surface area (Å²) in [6, 6.07) is 5.19. The molecule has 0 unspecified atom stereocenters. The van der Waals surface area contributed by atoms with Crippen molar-refractivity contribution in [1.82, 2.24) is 29.5 Å². The molecule has 2 atom stereocenters. The first-order chi connectivity index (χ1) is 14.4. The van der Waals surface area contributed by atoms with Crippen LogP contribution in [-0.2, 0) is 4.74 Å². The van der Waals surface area contributed by atoms with E-state index in [1.54, 1.807) is 19.4 Å². The number of cyclic esters (lactones) is 1. The highest BCUT2D eigenvalue weighted by atomic mass is 16.6. The maximum Gasteiger partial charge on any atom is 0.417 e. The molecule has 0 saturated carbocycles. The second kappa shape index (κ2) is 7.90. The van der Waals surface area contributed by atoms with Crippen LogP contribution in [0.5, 0.6) is 0 Å². The molecular formula is C20H22N8O2. The van der Waals surface area contributed by atoms with Crippen LogP contribution in [0, 0.1) is 6.92 Å². The van der Waals surface area contributed by atoms with Crippen LogP contribution in [0.2, 0.25) is 0 Å². The van der Waals surface area contributed by atoms with Crippen LogP contribution in [-0.4, -0.2) is 48.2 Å². The SMILES string of the molecule is C=C(C)[C@H]1COC(=O)N1c1nc(C)nc(N[C@@H](C)c2cn(-c3ccccn3)cn2)n1. The number of imidazole rings is 1. The van der Waals surface area contributed by atoms with Crippen LogP contribution >= 0.6 is 0 Å². The Hall–Kier alpha value is -3.82. The van der Waals surface area contributed by atoms with Gasteiger partial charge in [-0.2, -0.15) is 15.0 Å². The highest BCUT2D eigenvalue weighted by molar-refractivity contribution is 5.89. The third-order valence-corrected chi connectivity index (χ3v) is 4.70. The Morgan fingerprint density at radius 1 is 1.30 bits per heavy atom. The molecule has 0 radical (unpaired) electrons. The number of hydrogen-bond acceptors (Lipinski definition) is 8. The molecule has 0 aromatic carbocycles. The fraction of sp³-hybridized carbons (Fsp3) is 0.300. The molecule has 0 spiro atoms. The standard InChI is InChI=1S/C20H22N8O2/c1-12(2)16-10-30-20(29)28(16)19-25-14(4)24-18(26-19)23-13(3)15-9-27(11-22-15)17-7-5-6-8-21-17/h5-9,11,13,16H,1,10H2,2-4H3,(H,23,24,25,26)/t13-,16+/m0/s1. The number of aromatic nitrogens is 6. The number of aryl methyl sites for hydroxylation is 1. The van der Waals surface area contributed by atoms with E-state index in [0.29, 0.717) is 11.8 Å². The van der Waals surface area contributed by atoms with Gasteiger partial charge in [0.1, 0.15) is 24.6 Å². The third kappa shape index (κ3) is 3.84. The van der Waals surface area contributed by atoms with Crippen LogP contribution in [0.25, 0.3) is 5.82 Å². The Bertz CT molecular complexity index is 1080. The molecule has 1 saturated heterocycles. The van der Waals surface area contributed by atoms with E-state index in [1.165, 1.54) is 4.90 Å². The number of carbonyl (C=O) groups is 1. The number of anilines is 2. The molecule has 10 nitrogen and oxygen atoms in total. The summed E-state index contributed by atoms with van der Waals surface area (Å²) in [5.41, 5.74) is 1.59. The van der Waals surface area contributed by atoms with Crippen LogP contribution in [0.4, 0.5) is 16.7 Å². The van der Waals surface area contributed by atoms with E-state index >= 15 is 0 Å². The quantitative estimate of drug-likeness (QED) is 0.622. The minimum atomic E-state index is -0.498. The molecule has 1 N–H and O–H groups in total. The normalized spacial score (nSPS) is 17.0. The predicted molar refractivity (Wildman–Crippen MR) is 110 cm³/mol. The summed E-state index contributed by atoms with van der Waals surface area (Å²) in [6.07, 6.45) is 4.83. The minimum absolute atomic E-state index is 0.188. The van der Waals surface area contributed by atoms with Crippen molar-refractivity contribution in [2.75, 3.05) is 16.8 Å². The topological polar surface area (TPSA) is 111 Å². The van der Waals surface area contributed by atoms with Gasteiger partial charge >= 0.3 is 6.09 Å². The number of carbonyl (C=O) groups excluding carboxylic acids is 1. The van der Waals surface area contributed by atoms with Gasteiger partial charge in [0, 0.05) is 12.4 Å². The number of rotatable bonds is 6. The van der Waals surface area contributed by atoms with Crippen molar-refractivity contribution < 1.29 is 9.53 Å². The van der Waals surface area contributed by atoms with Gasteiger partial charge in [0.2, 0.25) is 11.9 Å². The smallest absolute Gasteiger partial charge is 0.417 e. The first-order valence-corrected chi connectivity index (χ1v) is 9.48. The monoisotopic (exact) mass is 406 g/mol. The minimum Gasteiger partial charge on any atom is -0.447 e. The van der Waals surface area contributed by atoms with Gasteiger partial charge in [-0.3, -0.25) is 4.57 Å². The van der Waals surface area contributed by atoms with E-state index in [4.69, 9.17) is 4.74 Å². The summed E-state index contributed by atoms with van der Waals surface area (Å²) in [5, 5.41) is 3.23. The molecule has 4 heterocycles. The highest BCUT2D eigenvalue weighted by Gasteiger charge is 2.37. The number of ether oxygens (including phenoxy) is 1. The lowest BCUT2D eigenvalue weighted by Crippen LogP contribution is -2.36. The summed E-state index contributed by atoms with van der Waals surface area (Å²) < 4.78 is 7.00. The molecule has 1 fully saturated rings. The van der Waals surface area contributed by atoms with E-state index in [-0.39, 0.29) is 24.6 Å². The highest BCUT2D eigenvalue weighted by Crippen LogP contribution is 2.25. The molecule has 1 amide bonds. The Balaban J connectivity index is 1.56. The number of nitrogens with zero attached hydrogens (tertiary/aromatic N) is 7. The first kappa shape index (κ1) is 19.5. The largest absolute Gasteiger partial charge is 0.447 e. The summed E-state index contributed by atoms with van der Waals surface area (Å²) in [7, 11) is 0. The molecule has 0 bridgehead atoms. The van der Waals surface area contributed by atoms with Gasteiger partial charge in [0.05, 0.1) is 17.8 Å².